The lowest BCUT2D eigenvalue weighted by Crippen LogP contribution is -2.37. The maximum absolute atomic E-state index is 13.9. The molecule has 0 aliphatic heterocycles. The molecule has 0 saturated carbocycles. The molecule has 0 radical (unpaired) electrons. The largest absolute Gasteiger partial charge is 0.336 e. The molecule has 0 aliphatic rings. The molecular weight excluding hydrogens is 401 g/mol. The van der Waals surface area contributed by atoms with Crippen LogP contribution in [-0.4, -0.2) is 26.2 Å². The number of imidazole rings is 1. The minimum absolute atomic E-state index is 0.0345. The van der Waals surface area contributed by atoms with Gasteiger partial charge in [0.05, 0.1) is 17.8 Å². The van der Waals surface area contributed by atoms with Crippen LogP contribution in [0.25, 0.3) is 16.9 Å². The first-order valence-electron chi connectivity index (χ1n) is 10.9. The molecule has 164 valence electrons. The highest BCUT2D eigenvalue weighted by Crippen LogP contribution is 2.28. The summed E-state index contributed by atoms with van der Waals surface area (Å²) in [5.74, 6) is -0.216. The number of hydrogen-bond acceptors (Lipinski definition) is 2. The van der Waals surface area contributed by atoms with Gasteiger partial charge < -0.3 is 9.30 Å². The highest BCUT2D eigenvalue weighted by molar-refractivity contribution is 5.82. The summed E-state index contributed by atoms with van der Waals surface area (Å²) in [5.41, 5.74) is 5.85. The third kappa shape index (κ3) is 4.42. The zero-order valence-corrected chi connectivity index (χ0v) is 19.0. The first-order valence-corrected chi connectivity index (χ1v) is 10.9. The fraction of sp³-hybridized carbons (Fsp3) is 0.259. The third-order valence-corrected chi connectivity index (χ3v) is 5.75. The van der Waals surface area contributed by atoms with Crippen molar-refractivity contribution < 1.29 is 9.18 Å². The Morgan fingerprint density at radius 2 is 1.81 bits per heavy atom. The van der Waals surface area contributed by atoms with Crippen molar-refractivity contribution in [3.8, 4) is 11.3 Å². The van der Waals surface area contributed by atoms with Gasteiger partial charge in [-0.15, -0.1) is 0 Å². The third-order valence-electron chi connectivity index (χ3n) is 5.75. The van der Waals surface area contributed by atoms with Crippen LogP contribution in [0, 0.1) is 19.7 Å². The van der Waals surface area contributed by atoms with Crippen molar-refractivity contribution in [2.45, 2.75) is 46.7 Å². The van der Waals surface area contributed by atoms with Gasteiger partial charge in [0.25, 0.3) is 0 Å². The maximum Gasteiger partial charge on any atom is 0.229 e. The lowest BCUT2D eigenvalue weighted by atomic mass is 10.0. The SMILES string of the molecule is Cc1ccc2nc(-c3ccc(F)c(C)c3)c(CC(=O)N(Cc3ccccc3)C(C)C)n2c1. The zero-order chi connectivity index (χ0) is 22.8. The number of carbonyl (C=O) groups excluding carboxylic acids is 1. The van der Waals surface area contributed by atoms with Gasteiger partial charge in [0.15, 0.2) is 0 Å². The predicted octanol–water partition coefficient (Wildman–Crippen LogP) is 5.74. The summed E-state index contributed by atoms with van der Waals surface area (Å²) in [6, 6.07) is 19.0. The van der Waals surface area contributed by atoms with Crippen molar-refractivity contribution in [1.82, 2.24) is 14.3 Å². The van der Waals surface area contributed by atoms with E-state index in [1.165, 1.54) is 6.07 Å². The first-order chi connectivity index (χ1) is 15.3. The Hall–Kier alpha value is -3.47. The molecule has 2 heterocycles. The monoisotopic (exact) mass is 429 g/mol. The summed E-state index contributed by atoms with van der Waals surface area (Å²) in [6.07, 6.45) is 2.21. The van der Waals surface area contributed by atoms with E-state index in [-0.39, 0.29) is 24.2 Å². The second-order valence-corrected chi connectivity index (χ2v) is 8.58. The average Bonchev–Trinajstić information content (AvgIpc) is 3.12. The normalized spacial score (nSPS) is 11.3. The summed E-state index contributed by atoms with van der Waals surface area (Å²) >= 11 is 0. The van der Waals surface area contributed by atoms with Crippen LogP contribution in [-0.2, 0) is 17.8 Å². The molecule has 4 nitrogen and oxygen atoms in total. The van der Waals surface area contributed by atoms with Gasteiger partial charge in [-0.1, -0.05) is 36.4 Å². The lowest BCUT2D eigenvalue weighted by molar-refractivity contribution is -0.132. The van der Waals surface area contributed by atoms with Crippen LogP contribution in [0.2, 0.25) is 0 Å². The van der Waals surface area contributed by atoms with Crippen LogP contribution in [0.5, 0.6) is 0 Å². The van der Waals surface area contributed by atoms with Crippen LogP contribution in [0.4, 0.5) is 4.39 Å². The van der Waals surface area contributed by atoms with E-state index in [0.29, 0.717) is 12.1 Å². The summed E-state index contributed by atoms with van der Waals surface area (Å²) in [5, 5.41) is 0. The molecule has 0 fully saturated rings. The van der Waals surface area contributed by atoms with Crippen LogP contribution in [0.1, 0.15) is 36.2 Å². The predicted molar refractivity (Wildman–Crippen MR) is 126 cm³/mol. The van der Waals surface area contributed by atoms with E-state index in [9.17, 15) is 9.18 Å². The summed E-state index contributed by atoms with van der Waals surface area (Å²) < 4.78 is 15.9. The van der Waals surface area contributed by atoms with Gasteiger partial charge >= 0.3 is 0 Å². The Bertz CT molecular complexity index is 1260. The molecule has 32 heavy (non-hydrogen) atoms. The second kappa shape index (κ2) is 8.95. The number of rotatable bonds is 6. The van der Waals surface area contributed by atoms with E-state index in [1.807, 2.05) is 78.7 Å². The smallest absolute Gasteiger partial charge is 0.229 e. The molecule has 2 aromatic heterocycles. The number of fused-ring (bicyclic) bond motifs is 1. The summed E-state index contributed by atoms with van der Waals surface area (Å²) in [4.78, 5) is 20.2. The molecule has 1 amide bonds. The second-order valence-electron chi connectivity index (χ2n) is 8.58. The molecule has 0 unspecified atom stereocenters. The number of hydrogen-bond donors (Lipinski definition) is 0. The minimum atomic E-state index is -0.250. The van der Waals surface area contributed by atoms with Crippen molar-refractivity contribution in [3.63, 3.8) is 0 Å². The maximum atomic E-state index is 13.9. The zero-order valence-electron chi connectivity index (χ0n) is 19.0. The number of nitrogens with zero attached hydrogens (tertiary/aromatic N) is 3. The highest BCUT2D eigenvalue weighted by atomic mass is 19.1. The van der Waals surface area contributed by atoms with Gasteiger partial charge in [0, 0.05) is 24.3 Å². The number of benzene rings is 2. The Kier molecular flexibility index (Phi) is 6.08. The number of halogens is 1. The van der Waals surface area contributed by atoms with Crippen LogP contribution in [0.15, 0.2) is 66.9 Å². The highest BCUT2D eigenvalue weighted by Gasteiger charge is 2.23. The van der Waals surface area contributed by atoms with Gasteiger partial charge in [-0.3, -0.25) is 4.79 Å². The first kappa shape index (κ1) is 21.8. The Labute approximate surface area is 188 Å². The Balaban J connectivity index is 1.75. The summed E-state index contributed by atoms with van der Waals surface area (Å²) in [7, 11) is 0. The van der Waals surface area contributed by atoms with Crippen molar-refractivity contribution in [3.05, 3.63) is 95.1 Å². The molecule has 0 N–H and O–H groups in total. The molecule has 5 heteroatoms. The Morgan fingerprint density at radius 3 is 2.50 bits per heavy atom. The van der Waals surface area contributed by atoms with Crippen molar-refractivity contribution in [2.24, 2.45) is 0 Å². The quantitative estimate of drug-likeness (QED) is 0.392. The van der Waals surface area contributed by atoms with Gasteiger partial charge in [0.1, 0.15) is 11.5 Å². The standard InChI is InChI=1S/C27H28FN3O/c1-18(2)30(17-21-8-6-5-7-9-21)26(32)15-24-27(22-11-12-23(28)20(4)14-22)29-25-13-10-19(3)16-31(24)25/h5-14,16,18H,15,17H2,1-4H3. The topological polar surface area (TPSA) is 37.6 Å². The van der Waals surface area contributed by atoms with Crippen LogP contribution in [0.3, 0.4) is 0 Å². The molecule has 0 saturated heterocycles. The molecular formula is C27H28FN3O. The van der Waals surface area contributed by atoms with Crippen LogP contribution < -0.4 is 0 Å². The Morgan fingerprint density at radius 1 is 1.06 bits per heavy atom. The number of aryl methyl sites for hydroxylation is 2. The molecule has 4 aromatic rings. The summed E-state index contributed by atoms with van der Waals surface area (Å²) in [6.45, 7) is 8.37. The number of pyridine rings is 1. The molecule has 0 spiro atoms. The van der Waals surface area contributed by atoms with Crippen molar-refractivity contribution in [2.75, 3.05) is 0 Å². The molecule has 0 bridgehead atoms. The van der Waals surface area contributed by atoms with Gasteiger partial charge in [-0.05, 0) is 68.7 Å². The molecule has 0 atom stereocenters. The van der Waals surface area contributed by atoms with E-state index in [4.69, 9.17) is 4.98 Å². The van der Waals surface area contributed by atoms with E-state index < -0.39 is 0 Å². The van der Waals surface area contributed by atoms with Crippen LogP contribution >= 0.6 is 0 Å². The lowest BCUT2D eigenvalue weighted by Gasteiger charge is -2.27. The van der Waals surface area contributed by atoms with E-state index in [1.54, 1.807) is 19.1 Å². The van der Waals surface area contributed by atoms with Gasteiger partial charge in [-0.25, -0.2) is 9.37 Å². The van der Waals surface area contributed by atoms with Gasteiger partial charge in [0.2, 0.25) is 5.91 Å². The van der Waals surface area contributed by atoms with Crippen molar-refractivity contribution in [1.29, 1.82) is 0 Å². The molecule has 0 aliphatic carbocycles. The molecule has 2 aromatic carbocycles. The fourth-order valence-electron chi connectivity index (χ4n) is 3.98. The van der Waals surface area contributed by atoms with E-state index >= 15 is 0 Å². The van der Waals surface area contributed by atoms with Crippen molar-refractivity contribution >= 4 is 11.6 Å². The average molecular weight is 430 g/mol. The minimum Gasteiger partial charge on any atom is -0.336 e. The number of carbonyl (C=O) groups is 1. The number of amides is 1. The van der Waals surface area contributed by atoms with Gasteiger partial charge in [-0.2, -0.15) is 0 Å². The number of aromatic nitrogens is 2. The van der Waals surface area contributed by atoms with E-state index in [2.05, 4.69) is 0 Å². The van der Waals surface area contributed by atoms with E-state index in [0.717, 1.165) is 33.7 Å². The fourth-order valence-corrected chi connectivity index (χ4v) is 3.98. The molecule has 4 rings (SSSR count).